The Morgan fingerprint density at radius 1 is 1.09 bits per heavy atom. The van der Waals surface area contributed by atoms with Crippen LogP contribution in [-0.4, -0.2) is 21.3 Å². The highest BCUT2D eigenvalue weighted by molar-refractivity contribution is 6.32. The van der Waals surface area contributed by atoms with E-state index in [9.17, 15) is 4.79 Å². The monoisotopic (exact) mass is 314 g/mol. The molecule has 3 N–H and O–H groups in total. The molecule has 0 saturated heterocycles. The van der Waals surface area contributed by atoms with Crippen LogP contribution in [0.3, 0.4) is 0 Å². The van der Waals surface area contributed by atoms with Gasteiger partial charge in [0.15, 0.2) is 5.69 Å². The summed E-state index contributed by atoms with van der Waals surface area (Å²) < 4.78 is 5.69. The third-order valence-electron chi connectivity index (χ3n) is 2.97. The van der Waals surface area contributed by atoms with Gasteiger partial charge in [-0.1, -0.05) is 23.7 Å². The third-order valence-corrected chi connectivity index (χ3v) is 3.29. The fraction of sp³-hybridized carbons (Fsp3) is 0. The molecule has 0 saturated carbocycles. The molecule has 0 unspecified atom stereocenters. The average molecular weight is 315 g/mol. The molecule has 6 nitrogen and oxygen atoms in total. The SMILES string of the molecule is NC(=O)c1n[nH]nc1-c1ccc(Oc2ccccc2Cl)cc1. The first-order valence-electron chi connectivity index (χ1n) is 6.38. The molecule has 0 aliphatic rings. The number of primary amides is 1. The van der Waals surface area contributed by atoms with Crippen molar-refractivity contribution in [3.8, 4) is 22.8 Å². The molecular formula is C15H11ClN4O2. The van der Waals surface area contributed by atoms with E-state index in [1.807, 2.05) is 12.1 Å². The summed E-state index contributed by atoms with van der Waals surface area (Å²) in [5.41, 5.74) is 6.44. The van der Waals surface area contributed by atoms with Crippen molar-refractivity contribution in [3.63, 3.8) is 0 Å². The van der Waals surface area contributed by atoms with E-state index >= 15 is 0 Å². The number of H-pyrrole nitrogens is 1. The molecule has 3 aromatic rings. The zero-order valence-corrected chi connectivity index (χ0v) is 12.0. The number of rotatable bonds is 4. The molecule has 1 aromatic heterocycles. The molecule has 0 aliphatic heterocycles. The van der Waals surface area contributed by atoms with Crippen molar-refractivity contribution >= 4 is 17.5 Å². The predicted molar refractivity (Wildman–Crippen MR) is 81.9 cm³/mol. The first kappa shape index (κ1) is 14.1. The molecular weight excluding hydrogens is 304 g/mol. The summed E-state index contributed by atoms with van der Waals surface area (Å²) in [7, 11) is 0. The molecule has 0 bridgehead atoms. The highest BCUT2D eigenvalue weighted by Gasteiger charge is 2.15. The van der Waals surface area contributed by atoms with Gasteiger partial charge in [0, 0.05) is 5.56 Å². The van der Waals surface area contributed by atoms with Gasteiger partial charge in [0.25, 0.3) is 5.91 Å². The van der Waals surface area contributed by atoms with Gasteiger partial charge < -0.3 is 10.5 Å². The van der Waals surface area contributed by atoms with Crippen LogP contribution in [0.2, 0.25) is 5.02 Å². The second kappa shape index (κ2) is 5.87. The molecule has 0 spiro atoms. The molecule has 22 heavy (non-hydrogen) atoms. The Morgan fingerprint density at radius 2 is 1.82 bits per heavy atom. The van der Waals surface area contributed by atoms with Crippen molar-refractivity contribution in [1.29, 1.82) is 0 Å². The molecule has 1 amide bonds. The summed E-state index contributed by atoms with van der Waals surface area (Å²) in [6.45, 7) is 0. The minimum absolute atomic E-state index is 0.0970. The number of nitrogens with one attached hydrogen (secondary N) is 1. The summed E-state index contributed by atoms with van der Waals surface area (Å²) >= 11 is 6.04. The van der Waals surface area contributed by atoms with E-state index in [4.69, 9.17) is 22.1 Å². The fourth-order valence-electron chi connectivity index (χ4n) is 1.94. The number of aromatic amines is 1. The van der Waals surface area contributed by atoms with Crippen LogP contribution in [0.25, 0.3) is 11.3 Å². The van der Waals surface area contributed by atoms with Crippen molar-refractivity contribution in [3.05, 3.63) is 59.2 Å². The van der Waals surface area contributed by atoms with E-state index in [-0.39, 0.29) is 5.69 Å². The standard InChI is InChI=1S/C15H11ClN4O2/c16-11-3-1-2-4-12(11)22-10-7-5-9(6-8-10)13-14(15(17)21)19-20-18-13/h1-8H,(H2,17,21)(H,18,19,20). The Labute approximate surface area is 130 Å². The van der Waals surface area contributed by atoms with Crippen LogP contribution in [0.5, 0.6) is 11.5 Å². The first-order chi connectivity index (χ1) is 10.6. The Bertz CT molecular complexity index is 814. The number of ether oxygens (including phenoxy) is 1. The van der Waals surface area contributed by atoms with Crippen LogP contribution < -0.4 is 10.5 Å². The summed E-state index contributed by atoms with van der Waals surface area (Å²) in [4.78, 5) is 11.3. The Morgan fingerprint density at radius 3 is 2.50 bits per heavy atom. The molecule has 110 valence electrons. The Kier molecular flexibility index (Phi) is 3.76. The van der Waals surface area contributed by atoms with Gasteiger partial charge in [-0.2, -0.15) is 15.4 Å². The van der Waals surface area contributed by atoms with E-state index in [0.717, 1.165) is 0 Å². The molecule has 7 heteroatoms. The normalized spacial score (nSPS) is 10.4. The smallest absolute Gasteiger partial charge is 0.271 e. The van der Waals surface area contributed by atoms with Crippen LogP contribution in [0, 0.1) is 0 Å². The largest absolute Gasteiger partial charge is 0.456 e. The van der Waals surface area contributed by atoms with Gasteiger partial charge in [-0.05, 0) is 36.4 Å². The number of hydrogen-bond donors (Lipinski definition) is 2. The fourth-order valence-corrected chi connectivity index (χ4v) is 2.11. The van der Waals surface area contributed by atoms with E-state index in [0.29, 0.717) is 27.8 Å². The maximum absolute atomic E-state index is 11.3. The molecule has 3 rings (SSSR count). The number of carbonyl (C=O) groups is 1. The lowest BCUT2D eigenvalue weighted by Crippen LogP contribution is -2.12. The summed E-state index contributed by atoms with van der Waals surface area (Å²) in [5.74, 6) is 0.539. The topological polar surface area (TPSA) is 93.9 Å². The van der Waals surface area contributed by atoms with Gasteiger partial charge in [0.1, 0.15) is 17.2 Å². The van der Waals surface area contributed by atoms with Gasteiger partial charge in [-0.15, -0.1) is 0 Å². The minimum atomic E-state index is -0.639. The minimum Gasteiger partial charge on any atom is -0.456 e. The molecule has 1 heterocycles. The zero-order chi connectivity index (χ0) is 15.5. The van der Waals surface area contributed by atoms with Gasteiger partial charge in [-0.25, -0.2) is 0 Å². The zero-order valence-electron chi connectivity index (χ0n) is 11.3. The highest BCUT2D eigenvalue weighted by Crippen LogP contribution is 2.30. The number of nitrogens with two attached hydrogens (primary N) is 1. The summed E-state index contributed by atoms with van der Waals surface area (Å²) in [5, 5.41) is 10.6. The average Bonchev–Trinajstić information content (AvgIpc) is 3.00. The number of nitrogens with zero attached hydrogens (tertiary/aromatic N) is 2. The quantitative estimate of drug-likeness (QED) is 0.774. The Balaban J connectivity index is 1.86. The molecule has 0 atom stereocenters. The molecule has 0 fully saturated rings. The van der Waals surface area contributed by atoms with Crippen LogP contribution >= 0.6 is 11.6 Å². The van der Waals surface area contributed by atoms with Gasteiger partial charge >= 0.3 is 0 Å². The first-order valence-corrected chi connectivity index (χ1v) is 6.76. The van der Waals surface area contributed by atoms with Crippen molar-refractivity contribution in [1.82, 2.24) is 15.4 Å². The van der Waals surface area contributed by atoms with E-state index in [2.05, 4.69) is 15.4 Å². The maximum atomic E-state index is 11.3. The summed E-state index contributed by atoms with van der Waals surface area (Å²) in [6, 6.07) is 14.2. The number of hydrogen-bond acceptors (Lipinski definition) is 4. The van der Waals surface area contributed by atoms with Crippen molar-refractivity contribution in [2.45, 2.75) is 0 Å². The number of aromatic nitrogens is 3. The molecule has 0 radical (unpaired) electrons. The predicted octanol–water partition coefficient (Wildman–Crippen LogP) is 3.02. The second-order valence-electron chi connectivity index (χ2n) is 4.44. The maximum Gasteiger partial charge on any atom is 0.271 e. The lowest BCUT2D eigenvalue weighted by Gasteiger charge is -2.07. The lowest BCUT2D eigenvalue weighted by atomic mass is 10.1. The van der Waals surface area contributed by atoms with Gasteiger partial charge in [0.2, 0.25) is 0 Å². The van der Waals surface area contributed by atoms with E-state index < -0.39 is 5.91 Å². The number of benzene rings is 2. The van der Waals surface area contributed by atoms with Crippen LogP contribution in [0.1, 0.15) is 10.5 Å². The van der Waals surface area contributed by atoms with Crippen LogP contribution in [0.15, 0.2) is 48.5 Å². The van der Waals surface area contributed by atoms with Gasteiger partial charge in [-0.3, -0.25) is 4.79 Å². The third kappa shape index (κ3) is 2.77. The lowest BCUT2D eigenvalue weighted by molar-refractivity contribution is 0.0996. The van der Waals surface area contributed by atoms with E-state index in [1.165, 1.54) is 0 Å². The summed E-state index contributed by atoms with van der Waals surface area (Å²) in [6.07, 6.45) is 0. The Hall–Kier alpha value is -2.86. The highest BCUT2D eigenvalue weighted by atomic mass is 35.5. The van der Waals surface area contributed by atoms with Crippen molar-refractivity contribution in [2.24, 2.45) is 5.73 Å². The van der Waals surface area contributed by atoms with Crippen molar-refractivity contribution < 1.29 is 9.53 Å². The molecule has 0 aliphatic carbocycles. The van der Waals surface area contributed by atoms with Crippen LogP contribution in [-0.2, 0) is 0 Å². The number of amides is 1. The number of carbonyl (C=O) groups excluding carboxylic acids is 1. The van der Waals surface area contributed by atoms with Crippen LogP contribution in [0.4, 0.5) is 0 Å². The van der Waals surface area contributed by atoms with Crippen molar-refractivity contribution in [2.75, 3.05) is 0 Å². The number of halogens is 1. The van der Waals surface area contributed by atoms with E-state index in [1.54, 1.807) is 36.4 Å². The van der Waals surface area contributed by atoms with Gasteiger partial charge in [0.05, 0.1) is 5.02 Å². The number of para-hydroxylation sites is 1. The molecule has 2 aromatic carbocycles. The second-order valence-corrected chi connectivity index (χ2v) is 4.85.